The molecule has 0 aromatic rings. The third-order valence-corrected chi connectivity index (χ3v) is 10.2. The Hall–Kier alpha value is -2.11. The van der Waals surface area contributed by atoms with E-state index in [0.29, 0.717) is 19.3 Å². The Morgan fingerprint density at radius 3 is 1.11 bits per heavy atom. The fraction of sp³-hybridized carbons (Fsp3) is 0.854. The Balaban J connectivity index is 4.33. The molecule has 0 aliphatic heterocycles. The molecule has 0 spiro atoms. The molecular weight excluding hydrogens is 673 g/mol. The van der Waals surface area contributed by atoms with Gasteiger partial charge in [-0.25, -0.2) is 0 Å². The summed E-state index contributed by atoms with van der Waals surface area (Å²) >= 11 is 0. The summed E-state index contributed by atoms with van der Waals surface area (Å²) in [6.07, 6.45) is 47.4. The molecule has 0 bridgehead atoms. The smallest absolute Gasteiger partial charge is 0.306 e. The summed E-state index contributed by atoms with van der Waals surface area (Å²) in [6, 6.07) is 0. The summed E-state index contributed by atoms with van der Waals surface area (Å²) in [5.74, 6) is -0.908. The van der Waals surface area contributed by atoms with Crippen LogP contribution in [0, 0.1) is 0 Å². The van der Waals surface area contributed by atoms with Gasteiger partial charge in [-0.15, -0.1) is 0 Å². The van der Waals surface area contributed by atoms with E-state index in [0.717, 1.165) is 70.6 Å². The molecule has 0 heterocycles. The van der Waals surface area contributed by atoms with Crippen molar-refractivity contribution in [2.75, 3.05) is 13.2 Å². The van der Waals surface area contributed by atoms with E-state index in [2.05, 4.69) is 45.1 Å². The quantitative estimate of drug-likeness (QED) is 0.0267. The van der Waals surface area contributed by atoms with Crippen LogP contribution in [0.2, 0.25) is 0 Å². The third kappa shape index (κ3) is 41.1. The minimum absolute atomic E-state index is 0.0771. The fourth-order valence-electron chi connectivity index (χ4n) is 6.72. The number of carbonyl (C=O) groups excluding carboxylic acids is 3. The molecule has 0 fully saturated rings. The van der Waals surface area contributed by atoms with E-state index in [-0.39, 0.29) is 31.1 Å². The number of unbranched alkanes of at least 4 members (excludes halogenated alkanes) is 27. The number of hydrogen-bond acceptors (Lipinski definition) is 6. The number of carbonyl (C=O) groups is 3. The zero-order chi connectivity index (χ0) is 39.4. The molecule has 1 atom stereocenters. The predicted octanol–water partition coefficient (Wildman–Crippen LogP) is 14.8. The third-order valence-electron chi connectivity index (χ3n) is 10.2. The lowest BCUT2D eigenvalue weighted by Crippen LogP contribution is -2.30. The van der Waals surface area contributed by atoms with Crippen molar-refractivity contribution in [3.8, 4) is 0 Å². The van der Waals surface area contributed by atoms with Gasteiger partial charge >= 0.3 is 17.9 Å². The normalized spacial score (nSPS) is 12.1. The summed E-state index contributed by atoms with van der Waals surface area (Å²) in [5, 5.41) is 0. The van der Waals surface area contributed by atoms with Crippen molar-refractivity contribution in [3.63, 3.8) is 0 Å². The molecule has 54 heavy (non-hydrogen) atoms. The summed E-state index contributed by atoms with van der Waals surface area (Å²) in [7, 11) is 0. The second-order valence-corrected chi connectivity index (χ2v) is 15.6. The maximum atomic E-state index is 12.7. The maximum Gasteiger partial charge on any atom is 0.306 e. The molecule has 0 N–H and O–H groups in total. The first-order valence-corrected chi connectivity index (χ1v) is 23.3. The van der Waals surface area contributed by atoms with Gasteiger partial charge in [0.2, 0.25) is 0 Å². The van der Waals surface area contributed by atoms with Crippen LogP contribution in [0.15, 0.2) is 24.3 Å². The molecule has 0 aliphatic rings. The lowest BCUT2D eigenvalue weighted by atomic mass is 10.0. The second kappa shape index (κ2) is 43.6. The SMILES string of the molecule is CC/C=C\C/C=C\CCCCC(=O)OCC(COC(=O)CCCCCCCCCCCCCCCC)OC(=O)CCCCCCCCCCCCCCC. The molecule has 0 rings (SSSR count). The van der Waals surface area contributed by atoms with Crippen LogP contribution in [0.3, 0.4) is 0 Å². The summed E-state index contributed by atoms with van der Waals surface area (Å²) < 4.78 is 16.7. The number of rotatable bonds is 42. The maximum absolute atomic E-state index is 12.7. The molecule has 6 nitrogen and oxygen atoms in total. The van der Waals surface area contributed by atoms with Gasteiger partial charge in [-0.1, -0.05) is 206 Å². The molecule has 0 amide bonds. The molecule has 0 saturated carbocycles. The molecule has 1 unspecified atom stereocenters. The van der Waals surface area contributed by atoms with Gasteiger partial charge in [-0.2, -0.15) is 0 Å². The summed E-state index contributed by atoms with van der Waals surface area (Å²) in [5.41, 5.74) is 0. The summed E-state index contributed by atoms with van der Waals surface area (Å²) in [6.45, 7) is 6.49. The first kappa shape index (κ1) is 51.9. The van der Waals surface area contributed by atoms with E-state index in [9.17, 15) is 14.4 Å². The molecular formula is C48H88O6. The highest BCUT2D eigenvalue weighted by molar-refractivity contribution is 5.71. The summed E-state index contributed by atoms with van der Waals surface area (Å²) in [4.78, 5) is 37.7. The monoisotopic (exact) mass is 761 g/mol. The number of allylic oxidation sites excluding steroid dienone is 4. The van der Waals surface area contributed by atoms with Crippen molar-refractivity contribution >= 4 is 17.9 Å². The van der Waals surface area contributed by atoms with Crippen molar-refractivity contribution in [2.45, 2.75) is 252 Å². The van der Waals surface area contributed by atoms with Crippen LogP contribution in [0.5, 0.6) is 0 Å². The van der Waals surface area contributed by atoms with E-state index in [1.165, 1.54) is 135 Å². The molecule has 0 saturated heterocycles. The van der Waals surface area contributed by atoms with Gasteiger partial charge in [0.1, 0.15) is 13.2 Å². The largest absolute Gasteiger partial charge is 0.462 e. The Labute approximate surface area is 334 Å². The minimum atomic E-state index is -0.775. The van der Waals surface area contributed by atoms with Crippen LogP contribution >= 0.6 is 0 Å². The van der Waals surface area contributed by atoms with Crippen LogP contribution in [0.1, 0.15) is 245 Å². The van der Waals surface area contributed by atoms with Gasteiger partial charge in [-0.3, -0.25) is 14.4 Å². The van der Waals surface area contributed by atoms with Crippen LogP contribution < -0.4 is 0 Å². The Bertz CT molecular complexity index is 880. The lowest BCUT2D eigenvalue weighted by molar-refractivity contribution is -0.167. The van der Waals surface area contributed by atoms with E-state index >= 15 is 0 Å². The van der Waals surface area contributed by atoms with Gasteiger partial charge < -0.3 is 14.2 Å². The molecule has 316 valence electrons. The van der Waals surface area contributed by atoms with Crippen LogP contribution in [-0.2, 0) is 28.6 Å². The van der Waals surface area contributed by atoms with Gasteiger partial charge in [0.15, 0.2) is 6.10 Å². The predicted molar refractivity (Wildman–Crippen MR) is 229 cm³/mol. The van der Waals surface area contributed by atoms with Crippen LogP contribution in [-0.4, -0.2) is 37.2 Å². The average Bonchev–Trinajstić information content (AvgIpc) is 3.17. The molecule has 0 aromatic carbocycles. The number of ether oxygens (including phenoxy) is 3. The minimum Gasteiger partial charge on any atom is -0.462 e. The van der Waals surface area contributed by atoms with Crippen LogP contribution in [0.25, 0.3) is 0 Å². The van der Waals surface area contributed by atoms with Gasteiger partial charge in [-0.05, 0) is 44.9 Å². The average molecular weight is 761 g/mol. The number of esters is 3. The fourth-order valence-corrected chi connectivity index (χ4v) is 6.72. The van der Waals surface area contributed by atoms with Crippen molar-refractivity contribution in [3.05, 3.63) is 24.3 Å². The molecule has 6 heteroatoms. The van der Waals surface area contributed by atoms with Gasteiger partial charge in [0, 0.05) is 19.3 Å². The Morgan fingerprint density at radius 2 is 0.722 bits per heavy atom. The lowest BCUT2D eigenvalue weighted by Gasteiger charge is -2.18. The van der Waals surface area contributed by atoms with E-state index in [4.69, 9.17) is 14.2 Å². The van der Waals surface area contributed by atoms with Crippen molar-refractivity contribution in [1.82, 2.24) is 0 Å². The highest BCUT2D eigenvalue weighted by Crippen LogP contribution is 2.15. The van der Waals surface area contributed by atoms with E-state index in [1.54, 1.807) is 0 Å². The standard InChI is InChI=1S/C48H88O6/c1-4-7-10-13-16-19-21-23-25-26-29-32-35-38-41-47(50)53-44-45(43-52-46(49)40-37-34-31-28-18-15-12-9-6-3)54-48(51)42-39-36-33-30-27-24-22-20-17-14-11-8-5-2/h9,12,18,28,45H,4-8,10-11,13-17,19-27,29-44H2,1-3H3/b12-9-,28-18-. The molecule has 0 aromatic heterocycles. The van der Waals surface area contributed by atoms with E-state index < -0.39 is 6.10 Å². The van der Waals surface area contributed by atoms with Crippen LogP contribution in [0.4, 0.5) is 0 Å². The first-order chi connectivity index (χ1) is 26.5. The zero-order valence-corrected chi connectivity index (χ0v) is 36.0. The van der Waals surface area contributed by atoms with Gasteiger partial charge in [0.05, 0.1) is 0 Å². The Kier molecular flexibility index (Phi) is 41.9. The van der Waals surface area contributed by atoms with Crippen molar-refractivity contribution in [2.24, 2.45) is 0 Å². The molecule has 0 radical (unpaired) electrons. The highest BCUT2D eigenvalue weighted by Gasteiger charge is 2.19. The van der Waals surface area contributed by atoms with Gasteiger partial charge in [0.25, 0.3) is 0 Å². The molecule has 0 aliphatic carbocycles. The first-order valence-electron chi connectivity index (χ1n) is 23.3. The van der Waals surface area contributed by atoms with Crippen molar-refractivity contribution < 1.29 is 28.6 Å². The van der Waals surface area contributed by atoms with E-state index in [1.807, 2.05) is 0 Å². The van der Waals surface area contributed by atoms with Crippen molar-refractivity contribution in [1.29, 1.82) is 0 Å². The zero-order valence-electron chi connectivity index (χ0n) is 36.0. The number of hydrogen-bond donors (Lipinski definition) is 0. The topological polar surface area (TPSA) is 78.9 Å². The highest BCUT2D eigenvalue weighted by atomic mass is 16.6. The Morgan fingerprint density at radius 1 is 0.389 bits per heavy atom. The second-order valence-electron chi connectivity index (χ2n) is 15.6.